The van der Waals surface area contributed by atoms with Gasteiger partial charge in [-0.3, -0.25) is 0 Å². The average Bonchev–Trinajstić information content (AvgIpc) is 3.51. The normalized spacial score (nSPS) is 11.4. The fraction of sp³-hybridized carbons (Fsp3) is 0. The van der Waals surface area contributed by atoms with Gasteiger partial charge in [-0.2, -0.15) is 0 Å². The molecule has 77 heavy (non-hydrogen) atoms. The molecule has 0 saturated heterocycles. The van der Waals surface area contributed by atoms with Gasteiger partial charge in [0.25, 0.3) is 0 Å². The van der Waals surface area contributed by atoms with E-state index in [0.29, 0.717) is 0 Å². The maximum Gasteiger partial charge on any atom is 0.0462 e. The third-order valence-corrected chi connectivity index (χ3v) is 15.4. The van der Waals surface area contributed by atoms with Crippen LogP contribution >= 0.6 is 0 Å². The molecule has 0 bridgehead atoms. The third kappa shape index (κ3) is 8.90. The van der Waals surface area contributed by atoms with Gasteiger partial charge in [-0.25, -0.2) is 0 Å². The topological polar surface area (TPSA) is 3.24 Å². The minimum Gasteiger partial charge on any atom is -0.311 e. The Balaban J connectivity index is 0.794. The summed E-state index contributed by atoms with van der Waals surface area (Å²) in [5.41, 5.74) is 20.1. The number of rotatable bonds is 10. The molecule has 0 N–H and O–H groups in total. The van der Waals surface area contributed by atoms with Crippen molar-refractivity contribution in [3.05, 3.63) is 309 Å². The Morgan fingerprint density at radius 1 is 0.156 bits per heavy atom. The standard InChI is InChI=1S/C76H51N/c1-2-12-52(13-3-1)62-30-26-56-28-32-64(50-68(56)48-62)65-33-29-57-27-31-63(49-69(57)51-65)55-38-44-72(45-39-55)77(70-40-34-53(35-41-70)60-18-8-20-66(46-60)75-24-10-16-58-14-4-6-22-73(58)75)71-42-36-54(37-43-71)61-19-9-21-67(47-61)76-25-11-17-59-15-5-7-23-74(59)76/h1-51H. The van der Waals surface area contributed by atoms with Gasteiger partial charge in [-0.15, -0.1) is 0 Å². The lowest BCUT2D eigenvalue weighted by Gasteiger charge is -2.26. The fourth-order valence-corrected chi connectivity index (χ4v) is 11.4. The van der Waals surface area contributed by atoms with E-state index in [-0.39, 0.29) is 0 Å². The molecule has 0 spiro atoms. The van der Waals surface area contributed by atoms with Crippen LogP contribution in [0.15, 0.2) is 309 Å². The molecule has 14 aromatic carbocycles. The predicted molar refractivity (Wildman–Crippen MR) is 329 cm³/mol. The molecular formula is C76H51N. The van der Waals surface area contributed by atoms with Gasteiger partial charge in [-0.05, 0) is 194 Å². The zero-order valence-corrected chi connectivity index (χ0v) is 42.4. The zero-order chi connectivity index (χ0) is 51.1. The van der Waals surface area contributed by atoms with Crippen LogP contribution in [-0.4, -0.2) is 0 Å². The van der Waals surface area contributed by atoms with Gasteiger partial charge in [0, 0.05) is 17.1 Å². The number of nitrogens with zero attached hydrogens (tertiary/aromatic N) is 1. The molecule has 1 heteroatoms. The average molecular weight is 978 g/mol. The van der Waals surface area contributed by atoms with Gasteiger partial charge in [0.15, 0.2) is 0 Å². The summed E-state index contributed by atoms with van der Waals surface area (Å²) in [6, 6.07) is 113. The van der Waals surface area contributed by atoms with Crippen molar-refractivity contribution in [1.82, 2.24) is 0 Å². The summed E-state index contributed by atoms with van der Waals surface area (Å²) in [6.07, 6.45) is 0. The van der Waals surface area contributed by atoms with Crippen LogP contribution in [-0.2, 0) is 0 Å². The van der Waals surface area contributed by atoms with Gasteiger partial charge in [0.05, 0.1) is 0 Å². The number of hydrogen-bond donors (Lipinski definition) is 0. The predicted octanol–water partition coefficient (Wildman–Crippen LogP) is 21.4. The van der Waals surface area contributed by atoms with E-state index in [2.05, 4.69) is 314 Å². The van der Waals surface area contributed by atoms with Crippen LogP contribution in [0.1, 0.15) is 0 Å². The minimum atomic E-state index is 1.08. The Labute approximate surface area is 449 Å². The van der Waals surface area contributed by atoms with E-state index >= 15 is 0 Å². The van der Waals surface area contributed by atoms with E-state index in [1.165, 1.54) is 121 Å². The summed E-state index contributed by atoms with van der Waals surface area (Å²) in [5, 5.41) is 9.94. The lowest BCUT2D eigenvalue weighted by molar-refractivity contribution is 1.28. The second-order valence-corrected chi connectivity index (χ2v) is 20.1. The van der Waals surface area contributed by atoms with Crippen molar-refractivity contribution in [2.45, 2.75) is 0 Å². The number of benzene rings is 14. The monoisotopic (exact) mass is 977 g/mol. The van der Waals surface area contributed by atoms with Crippen LogP contribution in [0.25, 0.3) is 121 Å². The third-order valence-electron chi connectivity index (χ3n) is 15.4. The van der Waals surface area contributed by atoms with Crippen LogP contribution in [0, 0.1) is 0 Å². The van der Waals surface area contributed by atoms with Crippen molar-refractivity contribution in [1.29, 1.82) is 0 Å². The molecule has 1 nitrogen and oxygen atoms in total. The molecule has 0 amide bonds. The van der Waals surface area contributed by atoms with E-state index < -0.39 is 0 Å². The first-order chi connectivity index (χ1) is 38.1. The van der Waals surface area contributed by atoms with Gasteiger partial charge in [0.2, 0.25) is 0 Å². The minimum absolute atomic E-state index is 1.08. The van der Waals surface area contributed by atoms with Crippen LogP contribution in [0.3, 0.4) is 0 Å². The fourth-order valence-electron chi connectivity index (χ4n) is 11.4. The first-order valence-corrected chi connectivity index (χ1v) is 26.5. The smallest absolute Gasteiger partial charge is 0.0462 e. The van der Waals surface area contributed by atoms with Gasteiger partial charge < -0.3 is 4.90 Å². The molecule has 0 fully saturated rings. The molecular weight excluding hydrogens is 927 g/mol. The first-order valence-electron chi connectivity index (χ1n) is 26.5. The molecule has 0 heterocycles. The molecule has 0 aliphatic heterocycles. The molecule has 0 radical (unpaired) electrons. The Hall–Kier alpha value is -10.1. The summed E-state index contributed by atoms with van der Waals surface area (Å²) in [4.78, 5) is 2.37. The van der Waals surface area contributed by atoms with Crippen molar-refractivity contribution < 1.29 is 0 Å². The highest BCUT2D eigenvalue weighted by molar-refractivity contribution is 5.99. The molecule has 0 saturated carbocycles. The Morgan fingerprint density at radius 3 is 0.857 bits per heavy atom. The molecule has 0 unspecified atom stereocenters. The molecule has 360 valence electrons. The highest BCUT2D eigenvalue weighted by Crippen LogP contribution is 2.40. The summed E-state index contributed by atoms with van der Waals surface area (Å²) >= 11 is 0. The molecule has 0 aliphatic carbocycles. The SMILES string of the molecule is c1ccc(-c2ccc3ccc(-c4ccc5ccc(-c6ccc(N(c7ccc(-c8cccc(-c9cccc%10ccccc9%10)c8)cc7)c7ccc(-c8cccc(-c9cccc%10ccccc9%10)c8)cc7)cc6)cc5c4)cc3c2)cc1. The lowest BCUT2D eigenvalue weighted by Crippen LogP contribution is -2.09. The summed E-state index contributed by atoms with van der Waals surface area (Å²) in [7, 11) is 0. The second kappa shape index (κ2) is 19.6. The molecule has 14 rings (SSSR count). The van der Waals surface area contributed by atoms with E-state index in [1.54, 1.807) is 0 Å². The largest absolute Gasteiger partial charge is 0.311 e. The number of fused-ring (bicyclic) bond motifs is 4. The Bertz CT molecular complexity index is 4300. The zero-order valence-electron chi connectivity index (χ0n) is 42.4. The number of anilines is 3. The van der Waals surface area contributed by atoms with Crippen molar-refractivity contribution in [2.75, 3.05) is 4.90 Å². The maximum atomic E-state index is 2.37. The molecule has 0 aliphatic rings. The van der Waals surface area contributed by atoms with Crippen molar-refractivity contribution in [2.24, 2.45) is 0 Å². The first kappa shape index (κ1) is 45.5. The molecule has 14 aromatic rings. The molecule has 0 atom stereocenters. The van der Waals surface area contributed by atoms with E-state index in [0.717, 1.165) is 17.1 Å². The van der Waals surface area contributed by atoms with E-state index in [4.69, 9.17) is 0 Å². The highest BCUT2D eigenvalue weighted by atomic mass is 15.1. The summed E-state index contributed by atoms with van der Waals surface area (Å²) < 4.78 is 0. The lowest BCUT2D eigenvalue weighted by atomic mass is 9.95. The number of hydrogen-bond acceptors (Lipinski definition) is 1. The van der Waals surface area contributed by atoms with Crippen molar-refractivity contribution in [3.8, 4) is 77.9 Å². The highest BCUT2D eigenvalue weighted by Gasteiger charge is 2.16. The Morgan fingerprint density at radius 2 is 0.442 bits per heavy atom. The van der Waals surface area contributed by atoms with Crippen LogP contribution < -0.4 is 4.90 Å². The summed E-state index contributed by atoms with van der Waals surface area (Å²) in [6.45, 7) is 0. The van der Waals surface area contributed by atoms with Crippen LogP contribution in [0.4, 0.5) is 17.1 Å². The van der Waals surface area contributed by atoms with Crippen LogP contribution in [0.2, 0.25) is 0 Å². The van der Waals surface area contributed by atoms with Gasteiger partial charge >= 0.3 is 0 Å². The van der Waals surface area contributed by atoms with Crippen LogP contribution in [0.5, 0.6) is 0 Å². The van der Waals surface area contributed by atoms with E-state index in [1.807, 2.05) is 0 Å². The van der Waals surface area contributed by atoms with Crippen molar-refractivity contribution >= 4 is 60.2 Å². The van der Waals surface area contributed by atoms with Gasteiger partial charge in [-0.1, -0.05) is 237 Å². The van der Waals surface area contributed by atoms with Crippen molar-refractivity contribution in [3.63, 3.8) is 0 Å². The quantitative estimate of drug-likeness (QED) is 0.132. The maximum absolute atomic E-state index is 2.37. The van der Waals surface area contributed by atoms with E-state index in [9.17, 15) is 0 Å². The summed E-state index contributed by atoms with van der Waals surface area (Å²) in [5.74, 6) is 0. The van der Waals surface area contributed by atoms with Gasteiger partial charge in [0.1, 0.15) is 0 Å². The second-order valence-electron chi connectivity index (χ2n) is 20.1. The molecule has 0 aromatic heterocycles. The Kier molecular flexibility index (Phi) is 11.6.